The number of carbonyl (C=O) groups is 1. The van der Waals surface area contributed by atoms with Crippen LogP contribution in [-0.4, -0.2) is 48.4 Å². The van der Waals surface area contributed by atoms with E-state index in [1.165, 1.54) is 7.11 Å². The van der Waals surface area contributed by atoms with E-state index in [0.29, 0.717) is 16.4 Å². The van der Waals surface area contributed by atoms with Crippen LogP contribution in [0.1, 0.15) is 24.2 Å². The summed E-state index contributed by atoms with van der Waals surface area (Å²) in [5.74, 6) is -0.385. The van der Waals surface area contributed by atoms with Crippen molar-refractivity contribution in [2.75, 3.05) is 25.5 Å². The Labute approximate surface area is 130 Å². The highest BCUT2D eigenvalue weighted by Gasteiger charge is 2.24. The van der Waals surface area contributed by atoms with Crippen LogP contribution in [0.3, 0.4) is 0 Å². The minimum absolute atomic E-state index is 0.129. The number of esters is 1. The molecule has 2 unspecified atom stereocenters. The van der Waals surface area contributed by atoms with Crippen LogP contribution in [0.5, 0.6) is 0 Å². The summed E-state index contributed by atoms with van der Waals surface area (Å²) in [6.07, 6.45) is 0.258. The summed E-state index contributed by atoms with van der Waals surface area (Å²) in [5.41, 5.74) is 1.12. The topological polar surface area (TPSA) is 50.8 Å². The van der Waals surface area contributed by atoms with Gasteiger partial charge in [-0.2, -0.15) is 0 Å². The molecule has 1 N–H and O–H groups in total. The first kappa shape index (κ1) is 15.7. The van der Waals surface area contributed by atoms with Crippen molar-refractivity contribution in [1.29, 1.82) is 0 Å². The van der Waals surface area contributed by atoms with Crippen LogP contribution < -0.4 is 5.32 Å². The molecule has 0 aliphatic carbocycles. The van der Waals surface area contributed by atoms with Crippen molar-refractivity contribution in [1.82, 2.24) is 4.90 Å². The summed E-state index contributed by atoms with van der Waals surface area (Å²) < 4.78 is 10.5. The fourth-order valence-electron chi connectivity index (χ4n) is 2.42. The van der Waals surface area contributed by atoms with Gasteiger partial charge in [0.25, 0.3) is 0 Å². The van der Waals surface area contributed by atoms with E-state index in [0.717, 1.165) is 13.1 Å². The number of nitrogens with one attached hydrogen (secondary N) is 1. The first-order valence-corrected chi connectivity index (χ1v) is 7.30. The van der Waals surface area contributed by atoms with Gasteiger partial charge in [-0.05, 0) is 38.2 Å². The van der Waals surface area contributed by atoms with Crippen LogP contribution >= 0.6 is 12.2 Å². The molecular formula is C15H20N2O3S. The third kappa shape index (κ3) is 3.92. The Balaban J connectivity index is 2.11. The summed E-state index contributed by atoms with van der Waals surface area (Å²) in [4.78, 5) is 13.8. The van der Waals surface area contributed by atoms with Gasteiger partial charge in [0.2, 0.25) is 0 Å². The molecule has 1 aliphatic heterocycles. The molecule has 21 heavy (non-hydrogen) atoms. The number of para-hydroxylation sites is 1. The van der Waals surface area contributed by atoms with Gasteiger partial charge in [-0.3, -0.25) is 0 Å². The number of anilines is 1. The van der Waals surface area contributed by atoms with Crippen molar-refractivity contribution in [3.63, 3.8) is 0 Å². The number of methoxy groups -OCH3 is 1. The van der Waals surface area contributed by atoms with Gasteiger partial charge in [0.15, 0.2) is 5.11 Å². The van der Waals surface area contributed by atoms with Crippen molar-refractivity contribution in [3.05, 3.63) is 29.8 Å². The van der Waals surface area contributed by atoms with Crippen LogP contribution in [-0.2, 0) is 9.47 Å². The van der Waals surface area contributed by atoms with E-state index in [1.54, 1.807) is 12.1 Å². The Kier molecular flexibility index (Phi) is 5.14. The first-order chi connectivity index (χ1) is 10.0. The highest BCUT2D eigenvalue weighted by molar-refractivity contribution is 7.80. The highest BCUT2D eigenvalue weighted by Crippen LogP contribution is 2.18. The van der Waals surface area contributed by atoms with Gasteiger partial charge in [0, 0.05) is 13.1 Å². The molecule has 1 saturated heterocycles. The van der Waals surface area contributed by atoms with Gasteiger partial charge in [-0.25, -0.2) is 4.79 Å². The molecule has 6 heteroatoms. The predicted molar refractivity (Wildman–Crippen MR) is 85.6 cm³/mol. The maximum absolute atomic E-state index is 11.8. The van der Waals surface area contributed by atoms with Crippen LogP contribution in [0.15, 0.2) is 24.3 Å². The van der Waals surface area contributed by atoms with E-state index >= 15 is 0 Å². The number of thiocarbonyl (C=S) groups is 1. The second-order valence-electron chi connectivity index (χ2n) is 5.13. The number of hydrogen-bond donors (Lipinski definition) is 1. The Hall–Kier alpha value is -1.66. The summed E-state index contributed by atoms with van der Waals surface area (Å²) in [6.45, 7) is 5.51. The minimum atomic E-state index is -0.385. The van der Waals surface area contributed by atoms with Gasteiger partial charge in [0.05, 0.1) is 30.6 Å². The Morgan fingerprint density at radius 1 is 1.33 bits per heavy atom. The Morgan fingerprint density at radius 3 is 2.57 bits per heavy atom. The molecule has 0 spiro atoms. The standard InChI is InChI=1S/C15H20N2O3S/c1-10-8-17(9-11(2)20-10)15(21)16-13-7-5-4-6-12(13)14(18)19-3/h4-7,10-11H,8-9H2,1-3H3,(H,16,21). The highest BCUT2D eigenvalue weighted by atomic mass is 32.1. The normalized spacial score (nSPS) is 21.8. The molecule has 1 heterocycles. The smallest absolute Gasteiger partial charge is 0.339 e. The molecular weight excluding hydrogens is 288 g/mol. The fraction of sp³-hybridized carbons (Fsp3) is 0.467. The zero-order valence-corrected chi connectivity index (χ0v) is 13.3. The lowest BCUT2D eigenvalue weighted by atomic mass is 10.2. The number of hydrogen-bond acceptors (Lipinski definition) is 4. The van der Waals surface area contributed by atoms with Gasteiger partial charge >= 0.3 is 5.97 Å². The van der Waals surface area contributed by atoms with E-state index in [-0.39, 0.29) is 18.2 Å². The molecule has 0 bridgehead atoms. The molecule has 2 atom stereocenters. The van der Waals surface area contributed by atoms with Crippen molar-refractivity contribution >= 4 is 29.0 Å². The Morgan fingerprint density at radius 2 is 1.95 bits per heavy atom. The van der Waals surface area contributed by atoms with Gasteiger partial charge in [0.1, 0.15) is 0 Å². The van der Waals surface area contributed by atoms with Crippen LogP contribution in [0.25, 0.3) is 0 Å². The third-order valence-corrected chi connectivity index (χ3v) is 3.64. The lowest BCUT2D eigenvalue weighted by Gasteiger charge is -2.37. The van der Waals surface area contributed by atoms with Crippen LogP contribution in [0.2, 0.25) is 0 Å². The summed E-state index contributed by atoms with van der Waals surface area (Å²) in [5, 5.41) is 3.73. The predicted octanol–water partition coefficient (Wildman–Crippen LogP) is 2.28. The average Bonchev–Trinajstić information content (AvgIpc) is 2.46. The quantitative estimate of drug-likeness (QED) is 0.668. The number of nitrogens with zero attached hydrogens (tertiary/aromatic N) is 1. The van der Waals surface area contributed by atoms with Gasteiger partial charge in [-0.1, -0.05) is 12.1 Å². The lowest BCUT2D eigenvalue weighted by molar-refractivity contribution is -0.0473. The zero-order chi connectivity index (χ0) is 15.4. The van der Waals surface area contributed by atoms with Crippen LogP contribution in [0.4, 0.5) is 5.69 Å². The van der Waals surface area contributed by atoms with Crippen molar-refractivity contribution < 1.29 is 14.3 Å². The van der Waals surface area contributed by atoms with E-state index in [9.17, 15) is 4.79 Å². The number of benzene rings is 1. The van der Waals surface area contributed by atoms with E-state index in [2.05, 4.69) is 10.2 Å². The van der Waals surface area contributed by atoms with E-state index in [4.69, 9.17) is 21.7 Å². The molecule has 1 aromatic rings. The SMILES string of the molecule is COC(=O)c1ccccc1NC(=S)N1CC(C)OC(C)C1. The number of rotatable bonds is 2. The molecule has 1 aromatic carbocycles. The van der Waals surface area contributed by atoms with E-state index < -0.39 is 0 Å². The molecule has 0 saturated carbocycles. The molecule has 0 radical (unpaired) electrons. The number of carbonyl (C=O) groups excluding carboxylic acids is 1. The molecule has 1 aliphatic rings. The zero-order valence-electron chi connectivity index (χ0n) is 12.5. The molecule has 114 valence electrons. The Bertz CT molecular complexity index is 525. The maximum atomic E-state index is 11.8. The minimum Gasteiger partial charge on any atom is -0.465 e. The van der Waals surface area contributed by atoms with Crippen LogP contribution in [0, 0.1) is 0 Å². The summed E-state index contributed by atoms with van der Waals surface area (Å²) in [6, 6.07) is 7.16. The third-order valence-electron chi connectivity index (χ3n) is 3.28. The lowest BCUT2D eigenvalue weighted by Crippen LogP contribution is -2.49. The second-order valence-corrected chi connectivity index (χ2v) is 5.52. The monoisotopic (exact) mass is 308 g/mol. The second kappa shape index (κ2) is 6.87. The average molecular weight is 308 g/mol. The van der Waals surface area contributed by atoms with Crippen molar-refractivity contribution in [2.45, 2.75) is 26.1 Å². The molecule has 1 fully saturated rings. The molecule has 0 aromatic heterocycles. The van der Waals surface area contributed by atoms with E-state index in [1.807, 2.05) is 26.0 Å². The molecule has 5 nitrogen and oxygen atoms in total. The van der Waals surface area contributed by atoms with Gasteiger partial charge in [-0.15, -0.1) is 0 Å². The first-order valence-electron chi connectivity index (χ1n) is 6.90. The van der Waals surface area contributed by atoms with Crippen molar-refractivity contribution in [3.8, 4) is 0 Å². The fourth-order valence-corrected chi connectivity index (χ4v) is 2.68. The summed E-state index contributed by atoms with van der Waals surface area (Å²) in [7, 11) is 1.36. The van der Waals surface area contributed by atoms with Crippen molar-refractivity contribution in [2.24, 2.45) is 0 Å². The summed E-state index contributed by atoms with van der Waals surface area (Å²) >= 11 is 5.45. The number of ether oxygens (including phenoxy) is 2. The molecule has 2 rings (SSSR count). The maximum Gasteiger partial charge on any atom is 0.339 e. The largest absolute Gasteiger partial charge is 0.465 e. The molecule has 0 amide bonds. The number of morpholine rings is 1. The van der Waals surface area contributed by atoms with Gasteiger partial charge < -0.3 is 19.7 Å².